The second-order valence-corrected chi connectivity index (χ2v) is 4.21. The van der Waals surface area contributed by atoms with Crippen LogP contribution >= 0.6 is 0 Å². The van der Waals surface area contributed by atoms with Crippen LogP contribution in [0.2, 0.25) is 0 Å². The fourth-order valence-corrected chi connectivity index (χ4v) is 1.60. The van der Waals surface area contributed by atoms with Crippen molar-refractivity contribution in [3.8, 4) is 0 Å². The molecule has 0 aliphatic carbocycles. The van der Waals surface area contributed by atoms with Crippen molar-refractivity contribution in [3.05, 3.63) is 46.0 Å². The number of rotatable bonds is 7. The van der Waals surface area contributed by atoms with Crippen LogP contribution in [0.1, 0.15) is 18.9 Å². The first-order valence-electron chi connectivity index (χ1n) is 5.81. The molecule has 0 amide bonds. The molecular formula is C13H15NO5. The van der Waals surface area contributed by atoms with Gasteiger partial charge in [-0.25, -0.2) is 0 Å². The zero-order chi connectivity index (χ0) is 14.3. The molecule has 0 aliphatic rings. The smallest absolute Gasteiger partial charge is 0.316 e. The van der Waals surface area contributed by atoms with Gasteiger partial charge in [-0.2, -0.15) is 0 Å². The van der Waals surface area contributed by atoms with E-state index in [1.54, 1.807) is 24.3 Å². The van der Waals surface area contributed by atoms with Crippen molar-refractivity contribution in [1.29, 1.82) is 0 Å². The lowest BCUT2D eigenvalue weighted by atomic mass is 10.0. The number of carbonyl (C=O) groups excluding carboxylic acids is 2. The largest absolute Gasteiger partial charge is 0.460 e. The fourth-order valence-electron chi connectivity index (χ4n) is 1.60. The molecule has 102 valence electrons. The number of carbonyl (C=O) groups is 2. The number of Topliss-reactive ketones (excluding diaryl/α,β-unsaturated/α-hetero) is 1. The van der Waals surface area contributed by atoms with E-state index in [1.807, 2.05) is 6.07 Å². The van der Waals surface area contributed by atoms with Crippen LogP contribution in [0.5, 0.6) is 0 Å². The van der Waals surface area contributed by atoms with Gasteiger partial charge in [-0.3, -0.25) is 19.7 Å². The summed E-state index contributed by atoms with van der Waals surface area (Å²) in [5.41, 5.74) is 0.790. The van der Waals surface area contributed by atoms with Crippen LogP contribution in [0.3, 0.4) is 0 Å². The van der Waals surface area contributed by atoms with E-state index in [0.29, 0.717) is 0 Å². The van der Waals surface area contributed by atoms with Crippen LogP contribution in [0.15, 0.2) is 30.3 Å². The predicted molar refractivity (Wildman–Crippen MR) is 66.9 cm³/mol. The maximum absolute atomic E-state index is 11.7. The molecule has 0 heterocycles. The Balaban J connectivity index is 2.56. The van der Waals surface area contributed by atoms with Gasteiger partial charge in [-0.15, -0.1) is 0 Å². The summed E-state index contributed by atoms with van der Waals surface area (Å²) in [6, 6.07) is 8.98. The highest BCUT2D eigenvalue weighted by atomic mass is 16.6. The third-order valence-corrected chi connectivity index (χ3v) is 2.46. The van der Waals surface area contributed by atoms with E-state index >= 15 is 0 Å². The highest BCUT2D eigenvalue weighted by Gasteiger charge is 2.27. The van der Waals surface area contributed by atoms with Crippen molar-refractivity contribution in [2.45, 2.75) is 20.0 Å². The molecule has 6 nitrogen and oxygen atoms in total. The zero-order valence-electron chi connectivity index (χ0n) is 10.6. The van der Waals surface area contributed by atoms with Gasteiger partial charge >= 0.3 is 5.97 Å². The summed E-state index contributed by atoms with van der Waals surface area (Å²) < 4.78 is 5.00. The average Bonchev–Trinajstić information content (AvgIpc) is 2.35. The minimum Gasteiger partial charge on any atom is -0.460 e. The second kappa shape index (κ2) is 7.25. The van der Waals surface area contributed by atoms with Gasteiger partial charge in [0.25, 0.3) is 0 Å². The van der Waals surface area contributed by atoms with Crippen LogP contribution in [-0.2, 0) is 20.9 Å². The summed E-state index contributed by atoms with van der Waals surface area (Å²) >= 11 is 0. The van der Waals surface area contributed by atoms with Gasteiger partial charge in [0.05, 0.1) is 0 Å². The normalized spacial score (nSPS) is 11.6. The number of nitro groups is 1. The number of hydrogen-bond donors (Lipinski definition) is 0. The molecule has 0 saturated carbocycles. The molecule has 0 bridgehead atoms. The molecule has 19 heavy (non-hydrogen) atoms. The Hall–Kier alpha value is -2.24. The van der Waals surface area contributed by atoms with Gasteiger partial charge in [-0.05, 0) is 12.5 Å². The maximum Gasteiger partial charge on any atom is 0.316 e. The van der Waals surface area contributed by atoms with Gasteiger partial charge in [0.15, 0.2) is 0 Å². The zero-order valence-corrected chi connectivity index (χ0v) is 10.6. The van der Waals surface area contributed by atoms with Crippen molar-refractivity contribution in [2.24, 2.45) is 5.92 Å². The topological polar surface area (TPSA) is 86.5 Å². The molecule has 6 heteroatoms. The SMILES string of the molecule is CC(=O)C[C@H](C[N+](=O)[O-])C(=O)OCc1ccccc1. The van der Waals surface area contributed by atoms with Crippen molar-refractivity contribution in [2.75, 3.05) is 6.54 Å². The molecule has 0 radical (unpaired) electrons. The Bertz CT molecular complexity index is 441. The van der Waals surface area contributed by atoms with Crippen molar-refractivity contribution < 1.29 is 19.2 Å². The summed E-state index contributed by atoms with van der Waals surface area (Å²) in [5.74, 6) is -2.00. The second-order valence-electron chi connectivity index (χ2n) is 4.21. The van der Waals surface area contributed by atoms with Crippen molar-refractivity contribution in [3.63, 3.8) is 0 Å². The lowest BCUT2D eigenvalue weighted by Gasteiger charge is -2.11. The first-order chi connectivity index (χ1) is 8.99. The average molecular weight is 265 g/mol. The van der Waals surface area contributed by atoms with Crippen LogP contribution < -0.4 is 0 Å². The highest BCUT2D eigenvalue weighted by Crippen LogP contribution is 2.10. The Morgan fingerprint density at radius 1 is 1.32 bits per heavy atom. The van der Waals surface area contributed by atoms with Crippen LogP contribution in [-0.4, -0.2) is 23.2 Å². The van der Waals surface area contributed by atoms with Crippen LogP contribution in [0, 0.1) is 16.0 Å². The number of benzene rings is 1. The standard InChI is InChI=1S/C13H15NO5/c1-10(15)7-12(8-14(17)18)13(16)19-9-11-5-3-2-4-6-11/h2-6,12H,7-9H2,1H3/t12-/m1/s1. The number of esters is 1. The lowest BCUT2D eigenvalue weighted by molar-refractivity contribution is -0.486. The van der Waals surface area contributed by atoms with E-state index in [9.17, 15) is 19.7 Å². The lowest BCUT2D eigenvalue weighted by Crippen LogP contribution is -2.27. The van der Waals surface area contributed by atoms with E-state index in [2.05, 4.69) is 0 Å². The molecule has 0 fully saturated rings. The van der Waals surface area contributed by atoms with E-state index < -0.39 is 23.4 Å². The molecule has 0 aromatic heterocycles. The van der Waals surface area contributed by atoms with Gasteiger partial charge in [0.1, 0.15) is 18.3 Å². The molecule has 0 spiro atoms. The third-order valence-electron chi connectivity index (χ3n) is 2.46. The molecule has 1 aromatic carbocycles. The molecular weight excluding hydrogens is 250 g/mol. The van der Waals surface area contributed by atoms with E-state index in [4.69, 9.17) is 4.74 Å². The van der Waals surface area contributed by atoms with E-state index in [1.165, 1.54) is 6.92 Å². The molecule has 0 aliphatic heterocycles. The van der Waals surface area contributed by atoms with Crippen LogP contribution in [0.25, 0.3) is 0 Å². The molecule has 0 saturated heterocycles. The Kier molecular flexibility index (Phi) is 5.66. The molecule has 1 atom stereocenters. The molecule has 1 aromatic rings. The quantitative estimate of drug-likeness (QED) is 0.424. The van der Waals surface area contributed by atoms with Gasteiger partial charge in [0.2, 0.25) is 6.54 Å². The number of ether oxygens (including phenoxy) is 1. The minimum atomic E-state index is -1.02. The summed E-state index contributed by atoms with van der Waals surface area (Å²) in [6.07, 6.45) is -0.172. The van der Waals surface area contributed by atoms with Crippen molar-refractivity contribution in [1.82, 2.24) is 0 Å². The summed E-state index contributed by atoms with van der Waals surface area (Å²) in [4.78, 5) is 32.5. The molecule has 0 unspecified atom stereocenters. The van der Waals surface area contributed by atoms with Crippen molar-refractivity contribution >= 4 is 11.8 Å². The van der Waals surface area contributed by atoms with E-state index in [-0.39, 0.29) is 18.8 Å². The number of ketones is 1. The monoisotopic (exact) mass is 265 g/mol. The number of nitrogens with zero attached hydrogens (tertiary/aromatic N) is 1. The maximum atomic E-state index is 11.7. The summed E-state index contributed by atoms with van der Waals surface area (Å²) in [6.45, 7) is 0.746. The molecule has 0 N–H and O–H groups in total. The van der Waals surface area contributed by atoms with Gasteiger partial charge < -0.3 is 4.74 Å². The summed E-state index contributed by atoms with van der Waals surface area (Å²) in [7, 11) is 0. The third kappa shape index (κ3) is 5.76. The minimum absolute atomic E-state index is 0.0474. The van der Waals surface area contributed by atoms with Gasteiger partial charge in [-0.1, -0.05) is 30.3 Å². The van der Waals surface area contributed by atoms with E-state index in [0.717, 1.165) is 5.56 Å². The molecule has 1 rings (SSSR count). The Morgan fingerprint density at radius 3 is 2.47 bits per heavy atom. The Labute approximate surface area is 110 Å². The first-order valence-corrected chi connectivity index (χ1v) is 5.81. The van der Waals surface area contributed by atoms with Crippen LogP contribution in [0.4, 0.5) is 0 Å². The number of hydrogen-bond acceptors (Lipinski definition) is 5. The summed E-state index contributed by atoms with van der Waals surface area (Å²) in [5, 5.41) is 10.5. The predicted octanol–water partition coefficient (Wildman–Crippen LogP) is 1.60. The fraction of sp³-hybridized carbons (Fsp3) is 0.385. The highest BCUT2D eigenvalue weighted by molar-refractivity contribution is 5.82. The van der Waals surface area contributed by atoms with Gasteiger partial charge in [0, 0.05) is 11.3 Å². The first kappa shape index (κ1) is 14.8. The Morgan fingerprint density at radius 2 is 1.95 bits per heavy atom.